The van der Waals surface area contributed by atoms with Gasteiger partial charge in [-0.2, -0.15) is 0 Å². The highest BCUT2D eigenvalue weighted by Gasteiger charge is 2.22. The quantitative estimate of drug-likeness (QED) is 0.0629. The van der Waals surface area contributed by atoms with Crippen molar-refractivity contribution in [2.24, 2.45) is 32.5 Å². The van der Waals surface area contributed by atoms with Crippen LogP contribution in [0.5, 0.6) is 0 Å². The molecule has 0 aliphatic heterocycles. The molecule has 0 aliphatic rings. The van der Waals surface area contributed by atoms with E-state index in [0.29, 0.717) is 36.1 Å². The van der Waals surface area contributed by atoms with E-state index < -0.39 is 0 Å². The predicted molar refractivity (Wildman–Crippen MR) is 257 cm³/mol. The molecule has 0 bridgehead atoms. The Bertz CT molecular complexity index is 1000. The molecule has 9 nitrogen and oxygen atoms in total. The molecular weight excluding hydrogens is 769 g/mol. The minimum absolute atomic E-state index is 0.153. The van der Waals surface area contributed by atoms with Crippen LogP contribution in [0.25, 0.3) is 0 Å². The minimum atomic E-state index is -0.302. The fourth-order valence-corrected chi connectivity index (χ4v) is 4.95. The maximum atomic E-state index is 11.6. The van der Waals surface area contributed by atoms with Gasteiger partial charge in [-0.15, -0.1) is 0 Å². The van der Waals surface area contributed by atoms with Crippen molar-refractivity contribution in [3.8, 4) is 0 Å². The van der Waals surface area contributed by atoms with Gasteiger partial charge in [-0.25, -0.2) is 0 Å². The van der Waals surface area contributed by atoms with Crippen LogP contribution in [-0.4, -0.2) is 96.6 Å². The molecule has 0 aliphatic carbocycles. The molecule has 0 atom stereocenters. The summed E-state index contributed by atoms with van der Waals surface area (Å²) in [4.78, 5) is 34.8. The summed E-state index contributed by atoms with van der Waals surface area (Å²) >= 11 is 0. The number of carbonyl (C=O) groups is 3. The Kier molecular flexibility index (Phi) is 36.8. The van der Waals surface area contributed by atoms with Crippen molar-refractivity contribution in [1.82, 2.24) is 0 Å². The fraction of sp³-hybridized carbons (Fsp3) is 0.942. The molecule has 0 saturated heterocycles. The van der Waals surface area contributed by atoms with Crippen LogP contribution < -0.4 is 0 Å². The third kappa shape index (κ3) is 53.0. The first-order valence-corrected chi connectivity index (χ1v) is 23.9. The average molecular weight is 873 g/mol. The Balaban J connectivity index is -0.000000828. The summed E-state index contributed by atoms with van der Waals surface area (Å²) in [6.07, 6.45) is 14.3. The molecule has 0 spiro atoms. The van der Waals surface area contributed by atoms with E-state index in [4.69, 9.17) is 28.4 Å². The van der Waals surface area contributed by atoms with Gasteiger partial charge in [0.1, 0.15) is 19.8 Å². The van der Waals surface area contributed by atoms with Crippen molar-refractivity contribution in [3.63, 3.8) is 0 Å². The number of Topliss-reactive ketones (excluding diaryl/α,β-unsaturated/α-hetero) is 3. The van der Waals surface area contributed by atoms with Crippen LogP contribution in [0, 0.1) is 32.5 Å². The lowest BCUT2D eigenvalue weighted by molar-refractivity contribution is -0.131. The molecule has 0 saturated carbocycles. The summed E-state index contributed by atoms with van der Waals surface area (Å²) in [5.74, 6) is 0.481. The van der Waals surface area contributed by atoms with Gasteiger partial charge in [0.15, 0.2) is 17.3 Å². The Morgan fingerprint density at radius 2 is 0.459 bits per heavy atom. The first-order chi connectivity index (χ1) is 27.9. The predicted octanol–water partition coefficient (Wildman–Crippen LogP) is 13.1. The number of carbonyl (C=O) groups excluding carboxylic acids is 3. The molecule has 0 fully saturated rings. The number of ketones is 3. The Labute approximate surface area is 379 Å². The molecule has 366 valence electrons. The van der Waals surface area contributed by atoms with Gasteiger partial charge in [0.05, 0.1) is 0 Å². The van der Waals surface area contributed by atoms with E-state index in [0.717, 1.165) is 91.0 Å². The van der Waals surface area contributed by atoms with Crippen LogP contribution >= 0.6 is 0 Å². The van der Waals surface area contributed by atoms with Gasteiger partial charge in [-0.3, -0.25) is 14.4 Å². The molecule has 0 N–H and O–H groups in total. The van der Waals surface area contributed by atoms with Gasteiger partial charge in [-0.1, -0.05) is 137 Å². The van der Waals surface area contributed by atoms with Crippen molar-refractivity contribution in [2.75, 3.05) is 79.3 Å². The maximum absolute atomic E-state index is 11.6. The molecule has 0 amide bonds. The highest BCUT2D eigenvalue weighted by molar-refractivity contribution is 5.85. The van der Waals surface area contributed by atoms with Gasteiger partial charge < -0.3 is 28.4 Å². The van der Waals surface area contributed by atoms with E-state index in [1.54, 1.807) is 0 Å². The second-order valence-corrected chi connectivity index (χ2v) is 23.5. The van der Waals surface area contributed by atoms with Gasteiger partial charge in [0.2, 0.25) is 0 Å². The van der Waals surface area contributed by atoms with E-state index >= 15 is 0 Å². The first-order valence-electron chi connectivity index (χ1n) is 23.9. The zero-order valence-corrected chi connectivity index (χ0v) is 43.9. The lowest BCUT2D eigenvalue weighted by Crippen LogP contribution is -2.25. The molecule has 0 rings (SSSR count). The molecule has 9 heteroatoms. The summed E-state index contributed by atoms with van der Waals surface area (Å²) in [6.45, 7) is 45.1. The van der Waals surface area contributed by atoms with Gasteiger partial charge in [0, 0.05) is 75.7 Å². The largest absolute Gasteiger partial charge is 0.381 e. The zero-order chi connectivity index (χ0) is 47.7. The van der Waals surface area contributed by atoms with Crippen molar-refractivity contribution >= 4 is 17.3 Å². The Morgan fingerprint density at radius 3 is 0.721 bits per heavy atom. The summed E-state index contributed by atoms with van der Waals surface area (Å²) in [6, 6.07) is 0. The van der Waals surface area contributed by atoms with Crippen molar-refractivity contribution in [2.45, 2.75) is 208 Å². The van der Waals surface area contributed by atoms with Crippen LogP contribution in [0.15, 0.2) is 0 Å². The number of unbranched alkanes of at least 4 members (excludes halogenated alkanes) is 4. The van der Waals surface area contributed by atoms with Crippen molar-refractivity contribution in [3.05, 3.63) is 0 Å². The van der Waals surface area contributed by atoms with Crippen molar-refractivity contribution in [1.29, 1.82) is 0 Å². The summed E-state index contributed by atoms with van der Waals surface area (Å²) in [5, 5.41) is 0. The topological polar surface area (TPSA) is 107 Å². The number of hydrogen-bond acceptors (Lipinski definition) is 9. The van der Waals surface area contributed by atoms with E-state index in [1.807, 2.05) is 62.3 Å². The van der Waals surface area contributed by atoms with E-state index in [9.17, 15) is 14.4 Å². The molecule has 0 radical (unpaired) electrons. The van der Waals surface area contributed by atoms with Gasteiger partial charge in [0.25, 0.3) is 0 Å². The SMILES string of the molecule is CC(C)(C)CCCCOCCCCOCC(=O)C(C)(C)C.CC(C)(C)CCCCOCCCOCC(=O)C(C)(C)C.CC(C)(C)CCCOCCCCOCC(=O)C(C)(C)C. The van der Waals surface area contributed by atoms with E-state index in [2.05, 4.69) is 62.3 Å². The van der Waals surface area contributed by atoms with Crippen LogP contribution in [0.4, 0.5) is 0 Å². The molecule has 0 unspecified atom stereocenters. The normalized spacial score (nSPS) is 12.7. The second kappa shape index (κ2) is 35.1. The summed E-state index contributed by atoms with van der Waals surface area (Å²) in [7, 11) is 0. The molecule has 0 aromatic carbocycles. The Morgan fingerprint density at radius 1 is 0.262 bits per heavy atom. The number of rotatable bonds is 31. The summed E-state index contributed by atoms with van der Waals surface area (Å²) < 4.78 is 32.9. The van der Waals surface area contributed by atoms with E-state index in [1.165, 1.54) is 32.1 Å². The third-order valence-corrected chi connectivity index (χ3v) is 9.59. The fourth-order valence-electron chi connectivity index (χ4n) is 4.95. The first kappa shape index (κ1) is 64.1. The van der Waals surface area contributed by atoms with Crippen LogP contribution in [0.3, 0.4) is 0 Å². The lowest BCUT2D eigenvalue weighted by Gasteiger charge is -2.17. The highest BCUT2D eigenvalue weighted by Crippen LogP contribution is 2.23. The summed E-state index contributed by atoms with van der Waals surface area (Å²) in [5.41, 5.74) is 0.363. The molecule has 0 aromatic rings. The smallest absolute Gasteiger partial charge is 0.163 e. The van der Waals surface area contributed by atoms with Crippen molar-refractivity contribution < 1.29 is 42.8 Å². The van der Waals surface area contributed by atoms with Gasteiger partial charge >= 0.3 is 0 Å². The van der Waals surface area contributed by atoms with Gasteiger partial charge in [-0.05, 0) is 86.9 Å². The monoisotopic (exact) mass is 873 g/mol. The molecular formula is C52H104O9. The van der Waals surface area contributed by atoms with Crippen LogP contribution in [-0.2, 0) is 42.8 Å². The molecule has 0 aromatic heterocycles. The highest BCUT2D eigenvalue weighted by atomic mass is 16.5. The molecule has 61 heavy (non-hydrogen) atoms. The van der Waals surface area contributed by atoms with E-state index in [-0.39, 0.29) is 53.4 Å². The third-order valence-electron chi connectivity index (χ3n) is 9.59. The van der Waals surface area contributed by atoms with Crippen LogP contribution in [0.2, 0.25) is 0 Å². The minimum Gasteiger partial charge on any atom is -0.381 e. The second-order valence-electron chi connectivity index (χ2n) is 23.5. The van der Waals surface area contributed by atoms with Crippen LogP contribution in [0.1, 0.15) is 208 Å². The molecule has 0 heterocycles. The lowest BCUT2D eigenvalue weighted by atomic mass is 9.90. The average Bonchev–Trinajstić information content (AvgIpc) is 3.09. The zero-order valence-electron chi connectivity index (χ0n) is 43.9. The Hall–Kier alpha value is -1.23. The number of ether oxygens (including phenoxy) is 6. The standard InChI is InChI=1S/C18H36O3.2C17H34O3/c1-17(2,3)11-7-8-12-20-13-9-10-14-21-15-16(19)18(4,5)6;1-16(2,3)10-9-13-19-11-7-8-12-20-14-15(18)17(4,5)6;1-16(2,3)10-7-8-11-19-12-9-13-20-14-15(18)17(4,5)6/h7-15H2,1-6H3;2*7-14H2,1-6H3. The maximum Gasteiger partial charge on any atom is 0.163 e. The number of hydrogen-bond donors (Lipinski definition) is 0.